The quantitative estimate of drug-likeness (QED) is 0.605. The van der Waals surface area contributed by atoms with Crippen molar-refractivity contribution in [2.45, 2.75) is 13.0 Å². The maximum absolute atomic E-state index is 11.6. The van der Waals surface area contributed by atoms with Gasteiger partial charge in [0.1, 0.15) is 0 Å². The Morgan fingerprint density at radius 2 is 1.72 bits per heavy atom. The standard InChI is InChI=1S/C24H29N3O2/c1-25-13-15-26(16-14-25)12-11-21-18-27(23-6-4-3-5-22(21)23)17-19-7-9-20(10-8-19)24(28)29-2/h3-10,18H,11-17H2,1-2H3. The molecule has 1 saturated heterocycles. The van der Waals surface area contributed by atoms with Gasteiger partial charge in [0, 0.05) is 56.4 Å². The molecule has 0 spiro atoms. The molecule has 29 heavy (non-hydrogen) atoms. The summed E-state index contributed by atoms with van der Waals surface area (Å²) in [5.74, 6) is -0.297. The monoisotopic (exact) mass is 391 g/mol. The fourth-order valence-electron chi connectivity index (χ4n) is 4.06. The van der Waals surface area contributed by atoms with Crippen molar-refractivity contribution in [3.63, 3.8) is 0 Å². The Morgan fingerprint density at radius 1 is 1.00 bits per heavy atom. The van der Waals surface area contributed by atoms with Gasteiger partial charge >= 0.3 is 5.97 Å². The van der Waals surface area contributed by atoms with Crippen LogP contribution in [-0.4, -0.2) is 67.2 Å². The minimum absolute atomic E-state index is 0.297. The van der Waals surface area contributed by atoms with Gasteiger partial charge < -0.3 is 19.1 Å². The van der Waals surface area contributed by atoms with Crippen molar-refractivity contribution in [3.05, 3.63) is 71.4 Å². The number of esters is 1. The molecule has 2 heterocycles. The van der Waals surface area contributed by atoms with E-state index in [1.165, 1.54) is 29.1 Å². The van der Waals surface area contributed by atoms with Crippen molar-refractivity contribution < 1.29 is 9.53 Å². The number of ether oxygens (including phenoxy) is 1. The molecule has 0 aliphatic carbocycles. The summed E-state index contributed by atoms with van der Waals surface area (Å²) in [4.78, 5) is 16.6. The summed E-state index contributed by atoms with van der Waals surface area (Å²) < 4.78 is 7.11. The van der Waals surface area contributed by atoms with Crippen LogP contribution < -0.4 is 0 Å². The zero-order valence-corrected chi connectivity index (χ0v) is 17.3. The predicted molar refractivity (Wildman–Crippen MR) is 116 cm³/mol. The summed E-state index contributed by atoms with van der Waals surface area (Å²) >= 11 is 0. The first-order chi connectivity index (χ1) is 14.1. The second kappa shape index (κ2) is 8.80. The van der Waals surface area contributed by atoms with Crippen molar-refractivity contribution in [3.8, 4) is 0 Å². The van der Waals surface area contributed by atoms with Gasteiger partial charge in [0.05, 0.1) is 12.7 Å². The topological polar surface area (TPSA) is 37.7 Å². The van der Waals surface area contributed by atoms with Crippen LogP contribution in [0, 0.1) is 0 Å². The highest BCUT2D eigenvalue weighted by molar-refractivity contribution is 5.89. The van der Waals surface area contributed by atoms with Gasteiger partial charge in [0.2, 0.25) is 0 Å². The van der Waals surface area contributed by atoms with Gasteiger partial charge in [0.25, 0.3) is 0 Å². The van der Waals surface area contributed by atoms with Crippen LogP contribution in [-0.2, 0) is 17.7 Å². The lowest BCUT2D eigenvalue weighted by Gasteiger charge is -2.32. The number of hydrogen-bond acceptors (Lipinski definition) is 4. The van der Waals surface area contributed by atoms with Gasteiger partial charge in [-0.15, -0.1) is 0 Å². The minimum Gasteiger partial charge on any atom is -0.465 e. The van der Waals surface area contributed by atoms with Gasteiger partial charge in [-0.3, -0.25) is 0 Å². The van der Waals surface area contributed by atoms with Crippen LogP contribution in [0.3, 0.4) is 0 Å². The SMILES string of the molecule is COC(=O)c1ccc(Cn2cc(CCN3CCN(C)CC3)c3ccccc32)cc1. The van der Waals surface area contributed by atoms with Crippen molar-refractivity contribution in [1.82, 2.24) is 14.4 Å². The molecule has 0 radical (unpaired) electrons. The van der Waals surface area contributed by atoms with Crippen LogP contribution in [0.5, 0.6) is 0 Å². The van der Waals surface area contributed by atoms with Gasteiger partial charge in [-0.25, -0.2) is 4.79 Å². The van der Waals surface area contributed by atoms with Crippen molar-refractivity contribution in [1.29, 1.82) is 0 Å². The molecule has 0 bridgehead atoms. The zero-order chi connectivity index (χ0) is 20.2. The number of benzene rings is 2. The molecule has 1 aliphatic heterocycles. The minimum atomic E-state index is -0.297. The number of para-hydroxylation sites is 1. The Morgan fingerprint density at radius 3 is 2.45 bits per heavy atom. The van der Waals surface area contributed by atoms with E-state index in [0.717, 1.165) is 45.7 Å². The molecule has 4 rings (SSSR count). The number of piperazine rings is 1. The van der Waals surface area contributed by atoms with E-state index < -0.39 is 0 Å². The lowest BCUT2D eigenvalue weighted by Crippen LogP contribution is -2.45. The molecule has 1 aromatic heterocycles. The fourth-order valence-corrected chi connectivity index (χ4v) is 4.06. The summed E-state index contributed by atoms with van der Waals surface area (Å²) in [6, 6.07) is 16.3. The first-order valence-corrected chi connectivity index (χ1v) is 10.3. The highest BCUT2D eigenvalue weighted by Gasteiger charge is 2.15. The number of hydrogen-bond donors (Lipinski definition) is 0. The largest absolute Gasteiger partial charge is 0.465 e. The number of methoxy groups -OCH3 is 1. The smallest absolute Gasteiger partial charge is 0.337 e. The Bertz CT molecular complexity index is 969. The molecule has 0 N–H and O–H groups in total. The van der Waals surface area contributed by atoms with E-state index in [9.17, 15) is 4.79 Å². The number of likely N-dealkylation sites (N-methyl/N-ethyl adjacent to an activating group) is 1. The summed E-state index contributed by atoms with van der Waals surface area (Å²) in [6.45, 7) is 6.52. The third kappa shape index (κ3) is 4.52. The van der Waals surface area contributed by atoms with E-state index in [-0.39, 0.29) is 5.97 Å². The molecule has 1 fully saturated rings. The zero-order valence-electron chi connectivity index (χ0n) is 17.3. The predicted octanol–water partition coefficient (Wildman–Crippen LogP) is 3.27. The molecule has 0 saturated carbocycles. The fraction of sp³-hybridized carbons (Fsp3) is 0.375. The summed E-state index contributed by atoms with van der Waals surface area (Å²) in [6.07, 6.45) is 3.37. The van der Waals surface area contributed by atoms with Gasteiger partial charge in [-0.1, -0.05) is 30.3 Å². The maximum atomic E-state index is 11.6. The van der Waals surface area contributed by atoms with Crippen LogP contribution in [0.25, 0.3) is 10.9 Å². The number of fused-ring (bicyclic) bond motifs is 1. The van der Waals surface area contributed by atoms with Crippen LogP contribution in [0.2, 0.25) is 0 Å². The third-order valence-corrected chi connectivity index (χ3v) is 5.89. The molecule has 1 aliphatic rings. The summed E-state index contributed by atoms with van der Waals surface area (Å²) in [5, 5.41) is 1.34. The number of aromatic nitrogens is 1. The third-order valence-electron chi connectivity index (χ3n) is 5.89. The second-order valence-corrected chi connectivity index (χ2v) is 7.88. The highest BCUT2D eigenvalue weighted by atomic mass is 16.5. The van der Waals surface area contributed by atoms with E-state index in [0.29, 0.717) is 5.56 Å². The second-order valence-electron chi connectivity index (χ2n) is 7.88. The molecule has 5 nitrogen and oxygen atoms in total. The van der Waals surface area contributed by atoms with Gasteiger partial charge in [-0.2, -0.15) is 0 Å². The first-order valence-electron chi connectivity index (χ1n) is 10.3. The van der Waals surface area contributed by atoms with Crippen molar-refractivity contribution in [2.75, 3.05) is 46.9 Å². The van der Waals surface area contributed by atoms with E-state index in [4.69, 9.17) is 4.74 Å². The summed E-state index contributed by atoms with van der Waals surface area (Å²) in [5.41, 5.74) is 4.43. The van der Waals surface area contributed by atoms with E-state index in [1.54, 1.807) is 0 Å². The average molecular weight is 392 g/mol. The molecule has 0 atom stereocenters. The van der Waals surface area contributed by atoms with E-state index in [2.05, 4.69) is 51.9 Å². The number of rotatable bonds is 6. The lowest BCUT2D eigenvalue weighted by atomic mass is 10.1. The molecule has 0 amide bonds. The molecule has 152 valence electrons. The van der Waals surface area contributed by atoms with E-state index >= 15 is 0 Å². The molecule has 2 aromatic carbocycles. The van der Waals surface area contributed by atoms with Crippen LogP contribution in [0.1, 0.15) is 21.5 Å². The Hall–Kier alpha value is -2.63. The molecule has 5 heteroatoms. The van der Waals surface area contributed by atoms with Gasteiger partial charge in [0.15, 0.2) is 0 Å². The van der Waals surface area contributed by atoms with Gasteiger partial charge in [-0.05, 0) is 42.8 Å². The number of carbonyl (C=O) groups is 1. The van der Waals surface area contributed by atoms with E-state index in [1.807, 2.05) is 24.3 Å². The van der Waals surface area contributed by atoms with Crippen LogP contribution in [0.4, 0.5) is 0 Å². The Kier molecular flexibility index (Phi) is 5.97. The van der Waals surface area contributed by atoms with Crippen LogP contribution >= 0.6 is 0 Å². The van der Waals surface area contributed by atoms with Crippen molar-refractivity contribution in [2.24, 2.45) is 0 Å². The molecule has 0 unspecified atom stereocenters. The van der Waals surface area contributed by atoms with Crippen molar-refractivity contribution >= 4 is 16.9 Å². The highest BCUT2D eigenvalue weighted by Crippen LogP contribution is 2.23. The molecule has 3 aromatic rings. The first kappa shape index (κ1) is 19.7. The average Bonchev–Trinajstić information content (AvgIpc) is 3.11. The number of carbonyl (C=O) groups excluding carboxylic acids is 1. The lowest BCUT2D eigenvalue weighted by molar-refractivity contribution is 0.0600. The number of nitrogens with zero attached hydrogens (tertiary/aromatic N) is 3. The van der Waals surface area contributed by atoms with Crippen LogP contribution in [0.15, 0.2) is 54.7 Å². The maximum Gasteiger partial charge on any atom is 0.337 e. The Labute approximate surface area is 172 Å². The summed E-state index contributed by atoms with van der Waals surface area (Å²) in [7, 11) is 3.61. The molecular weight excluding hydrogens is 362 g/mol. The molecular formula is C24H29N3O2. The normalized spacial score (nSPS) is 15.7. The Balaban J connectivity index is 1.50.